The zero-order chi connectivity index (χ0) is 27.0. The monoisotopic (exact) mass is 514 g/mol. The molecule has 5 rings (SSSR count). The molecule has 7 nitrogen and oxygen atoms in total. The van der Waals surface area contributed by atoms with Gasteiger partial charge in [-0.05, 0) is 54.6 Å². The van der Waals surface area contributed by atoms with E-state index in [0.29, 0.717) is 22.7 Å². The van der Waals surface area contributed by atoms with Gasteiger partial charge in [-0.3, -0.25) is 9.59 Å². The van der Waals surface area contributed by atoms with E-state index < -0.39 is 0 Å². The smallest absolute Gasteiger partial charge is 0.257 e. The summed E-state index contributed by atoms with van der Waals surface area (Å²) in [6.45, 7) is 0. The van der Waals surface area contributed by atoms with Gasteiger partial charge in [0.15, 0.2) is 0 Å². The highest BCUT2D eigenvalue weighted by Gasteiger charge is 2.14. The SMILES string of the molecule is COc1ccc(NC(=O)c2ccccc2NC(=O)/C=C/c2cn(-c3ccccc3)nc2-c2ccccc2)cc1. The molecule has 0 bridgehead atoms. The van der Waals surface area contributed by atoms with Crippen molar-refractivity contribution in [2.75, 3.05) is 17.7 Å². The number of ether oxygens (including phenoxy) is 1. The van der Waals surface area contributed by atoms with E-state index >= 15 is 0 Å². The lowest BCUT2D eigenvalue weighted by molar-refractivity contribution is -0.111. The average molecular weight is 515 g/mol. The van der Waals surface area contributed by atoms with Crippen LogP contribution in [0.3, 0.4) is 0 Å². The molecule has 0 saturated carbocycles. The molecule has 0 unspecified atom stereocenters. The summed E-state index contributed by atoms with van der Waals surface area (Å²) in [6, 6.07) is 33.5. The highest BCUT2D eigenvalue weighted by Crippen LogP contribution is 2.25. The Hall–Kier alpha value is -5.43. The number of hydrogen-bond donors (Lipinski definition) is 2. The Morgan fingerprint density at radius 3 is 2.18 bits per heavy atom. The van der Waals surface area contributed by atoms with E-state index in [-0.39, 0.29) is 11.8 Å². The summed E-state index contributed by atoms with van der Waals surface area (Å²) in [6.07, 6.45) is 5.05. The van der Waals surface area contributed by atoms with E-state index in [0.717, 1.165) is 22.5 Å². The number of methoxy groups -OCH3 is 1. The number of nitrogens with zero attached hydrogens (tertiary/aromatic N) is 2. The van der Waals surface area contributed by atoms with Crippen LogP contribution in [-0.4, -0.2) is 28.7 Å². The fourth-order valence-electron chi connectivity index (χ4n) is 4.05. The Morgan fingerprint density at radius 1 is 0.795 bits per heavy atom. The summed E-state index contributed by atoms with van der Waals surface area (Å²) in [7, 11) is 1.58. The van der Waals surface area contributed by atoms with Crippen molar-refractivity contribution >= 4 is 29.3 Å². The fraction of sp³-hybridized carbons (Fsp3) is 0.0312. The van der Waals surface area contributed by atoms with Crippen LogP contribution in [-0.2, 0) is 4.79 Å². The zero-order valence-corrected chi connectivity index (χ0v) is 21.2. The fourth-order valence-corrected chi connectivity index (χ4v) is 4.05. The number of anilines is 2. The maximum atomic E-state index is 13.0. The third kappa shape index (κ3) is 6.11. The molecule has 0 atom stereocenters. The van der Waals surface area contributed by atoms with Crippen molar-refractivity contribution in [3.63, 3.8) is 0 Å². The Balaban J connectivity index is 1.35. The van der Waals surface area contributed by atoms with Crippen molar-refractivity contribution in [1.82, 2.24) is 9.78 Å². The Morgan fingerprint density at radius 2 is 1.46 bits per heavy atom. The molecule has 192 valence electrons. The number of carbonyl (C=O) groups is 2. The van der Waals surface area contributed by atoms with E-state index in [2.05, 4.69) is 10.6 Å². The van der Waals surface area contributed by atoms with Crippen molar-refractivity contribution < 1.29 is 14.3 Å². The van der Waals surface area contributed by atoms with E-state index in [4.69, 9.17) is 9.84 Å². The third-order valence-corrected chi connectivity index (χ3v) is 6.00. The van der Waals surface area contributed by atoms with Crippen LogP contribution in [0, 0.1) is 0 Å². The highest BCUT2D eigenvalue weighted by molar-refractivity contribution is 6.11. The minimum Gasteiger partial charge on any atom is -0.497 e. The van der Waals surface area contributed by atoms with Crippen molar-refractivity contribution in [2.45, 2.75) is 0 Å². The van der Waals surface area contributed by atoms with Gasteiger partial charge < -0.3 is 15.4 Å². The summed E-state index contributed by atoms with van der Waals surface area (Å²) in [4.78, 5) is 25.9. The van der Waals surface area contributed by atoms with Gasteiger partial charge in [-0.15, -0.1) is 0 Å². The van der Waals surface area contributed by atoms with Crippen molar-refractivity contribution in [3.8, 4) is 22.7 Å². The number of amides is 2. The van der Waals surface area contributed by atoms with Gasteiger partial charge in [0.25, 0.3) is 5.91 Å². The largest absolute Gasteiger partial charge is 0.497 e. The second kappa shape index (κ2) is 11.7. The van der Waals surface area contributed by atoms with Gasteiger partial charge in [-0.2, -0.15) is 5.10 Å². The van der Waals surface area contributed by atoms with Crippen LogP contribution >= 0.6 is 0 Å². The molecule has 2 N–H and O–H groups in total. The normalized spacial score (nSPS) is 10.8. The first-order chi connectivity index (χ1) is 19.1. The number of aromatic nitrogens is 2. The number of hydrogen-bond acceptors (Lipinski definition) is 4. The maximum Gasteiger partial charge on any atom is 0.257 e. The summed E-state index contributed by atoms with van der Waals surface area (Å²) < 4.78 is 6.95. The molecule has 7 heteroatoms. The van der Waals surface area contributed by atoms with Crippen LogP contribution in [0.1, 0.15) is 15.9 Å². The highest BCUT2D eigenvalue weighted by atomic mass is 16.5. The molecule has 1 heterocycles. The zero-order valence-electron chi connectivity index (χ0n) is 21.2. The predicted molar refractivity (Wildman–Crippen MR) is 154 cm³/mol. The maximum absolute atomic E-state index is 13.0. The summed E-state index contributed by atoms with van der Waals surface area (Å²) in [5.41, 5.74) is 4.75. The van der Waals surface area contributed by atoms with Gasteiger partial charge in [0, 0.05) is 29.1 Å². The Labute approximate surface area is 226 Å². The van der Waals surface area contributed by atoms with E-state index in [1.165, 1.54) is 6.08 Å². The molecule has 0 fully saturated rings. The molecular weight excluding hydrogens is 488 g/mol. The second-order valence-corrected chi connectivity index (χ2v) is 8.63. The van der Waals surface area contributed by atoms with Gasteiger partial charge in [0.1, 0.15) is 5.75 Å². The van der Waals surface area contributed by atoms with Gasteiger partial charge in [0.05, 0.1) is 29.7 Å². The summed E-state index contributed by atoms with van der Waals surface area (Å²) >= 11 is 0. The van der Waals surface area contributed by atoms with Crippen molar-refractivity contribution in [2.24, 2.45) is 0 Å². The summed E-state index contributed by atoms with van der Waals surface area (Å²) in [5.74, 6) is -0.0149. The molecule has 1 aromatic heterocycles. The lowest BCUT2D eigenvalue weighted by atomic mass is 10.1. The van der Waals surface area contributed by atoms with Crippen LogP contribution in [0.2, 0.25) is 0 Å². The Bertz CT molecular complexity index is 1610. The topological polar surface area (TPSA) is 85.3 Å². The number of benzene rings is 4. The van der Waals surface area contributed by atoms with Gasteiger partial charge in [0.2, 0.25) is 5.91 Å². The molecule has 0 aliphatic carbocycles. The van der Waals surface area contributed by atoms with Crippen molar-refractivity contribution in [1.29, 1.82) is 0 Å². The first-order valence-electron chi connectivity index (χ1n) is 12.3. The van der Waals surface area contributed by atoms with Crippen LogP contribution in [0.5, 0.6) is 5.75 Å². The van der Waals surface area contributed by atoms with Gasteiger partial charge in [-0.1, -0.05) is 60.7 Å². The molecule has 5 aromatic rings. The van der Waals surface area contributed by atoms with Crippen LogP contribution in [0.25, 0.3) is 23.0 Å². The van der Waals surface area contributed by atoms with Crippen LogP contribution < -0.4 is 15.4 Å². The van der Waals surface area contributed by atoms with Gasteiger partial charge in [-0.25, -0.2) is 4.68 Å². The predicted octanol–water partition coefficient (Wildman–Crippen LogP) is 6.45. The second-order valence-electron chi connectivity index (χ2n) is 8.63. The quantitative estimate of drug-likeness (QED) is 0.233. The van der Waals surface area contributed by atoms with Crippen molar-refractivity contribution in [3.05, 3.63) is 133 Å². The molecular formula is C32H26N4O3. The van der Waals surface area contributed by atoms with E-state index in [1.54, 1.807) is 66.4 Å². The summed E-state index contributed by atoms with van der Waals surface area (Å²) in [5, 5.41) is 10.5. The molecule has 4 aromatic carbocycles. The van der Waals surface area contributed by atoms with Crippen LogP contribution in [0.15, 0.2) is 121 Å². The Kier molecular flexibility index (Phi) is 7.60. The number of para-hydroxylation sites is 2. The van der Waals surface area contributed by atoms with E-state index in [9.17, 15) is 9.59 Å². The number of nitrogens with one attached hydrogen (secondary N) is 2. The molecule has 39 heavy (non-hydrogen) atoms. The number of rotatable bonds is 8. The third-order valence-electron chi connectivity index (χ3n) is 6.00. The van der Waals surface area contributed by atoms with E-state index in [1.807, 2.05) is 66.9 Å². The molecule has 0 aliphatic heterocycles. The first-order valence-corrected chi connectivity index (χ1v) is 12.3. The molecule has 2 amide bonds. The standard InChI is InChI=1S/C32H26N4O3/c1-39-27-19-17-25(18-20-27)33-32(38)28-14-8-9-15-29(28)34-30(37)21-16-24-22-36(26-12-6-3-7-13-26)35-31(24)23-10-4-2-5-11-23/h2-22H,1H3,(H,33,38)(H,34,37)/b21-16+. The molecule has 0 saturated heterocycles. The van der Waals surface area contributed by atoms with Crippen LogP contribution in [0.4, 0.5) is 11.4 Å². The first kappa shape index (κ1) is 25.2. The van der Waals surface area contributed by atoms with Gasteiger partial charge >= 0.3 is 0 Å². The lowest BCUT2D eigenvalue weighted by Gasteiger charge is -2.11. The minimum absolute atomic E-state index is 0.337. The number of carbonyl (C=O) groups excluding carboxylic acids is 2. The lowest BCUT2D eigenvalue weighted by Crippen LogP contribution is -2.17. The average Bonchev–Trinajstić information content (AvgIpc) is 3.42. The minimum atomic E-state index is -0.369. The molecule has 0 radical (unpaired) electrons. The molecule has 0 aliphatic rings. The molecule has 0 spiro atoms.